The van der Waals surface area contributed by atoms with Crippen LogP contribution in [0.3, 0.4) is 0 Å². The van der Waals surface area contributed by atoms with E-state index < -0.39 is 5.82 Å². The fourth-order valence-electron chi connectivity index (χ4n) is 1.44. The van der Waals surface area contributed by atoms with Crippen molar-refractivity contribution in [3.8, 4) is 0 Å². The Balaban J connectivity index is 2.36. The molecule has 0 aliphatic carbocycles. The number of thiophene rings is 1. The summed E-state index contributed by atoms with van der Waals surface area (Å²) in [6, 6.07) is 6.85. The lowest BCUT2D eigenvalue weighted by molar-refractivity contribution is 0.627. The zero-order chi connectivity index (χ0) is 12.6. The predicted octanol–water partition coefficient (Wildman–Crippen LogP) is 6.10. The maximum atomic E-state index is 13.1. The first-order valence-corrected chi connectivity index (χ1v) is 7.74. The summed E-state index contributed by atoms with van der Waals surface area (Å²) >= 11 is 14.6. The predicted molar refractivity (Wildman–Crippen MR) is 78.9 cm³/mol. The summed E-state index contributed by atoms with van der Waals surface area (Å²) in [5.74, 6) is -0.390. The van der Waals surface area contributed by atoms with Crippen LogP contribution < -0.4 is 0 Å². The molecule has 0 bridgehead atoms. The van der Waals surface area contributed by atoms with Crippen LogP contribution in [0.1, 0.15) is 20.1 Å². The minimum absolute atomic E-state index is 0.0376. The van der Waals surface area contributed by atoms with E-state index in [1.807, 2.05) is 0 Å². The van der Waals surface area contributed by atoms with Crippen molar-refractivity contribution < 1.29 is 4.39 Å². The summed E-state index contributed by atoms with van der Waals surface area (Å²) < 4.78 is 14.2. The van der Waals surface area contributed by atoms with Gasteiger partial charge >= 0.3 is 0 Å². The van der Waals surface area contributed by atoms with E-state index in [-0.39, 0.29) is 9.85 Å². The van der Waals surface area contributed by atoms with Crippen molar-refractivity contribution in [1.29, 1.82) is 0 Å². The van der Waals surface area contributed by atoms with E-state index in [2.05, 4.69) is 44.8 Å². The number of benzene rings is 1. The minimum atomic E-state index is -0.390. The lowest BCUT2D eigenvalue weighted by Gasteiger charge is -2.08. The molecule has 0 N–H and O–H groups in total. The third kappa shape index (κ3) is 2.92. The molecular weight excluding hydrogens is 390 g/mol. The van der Waals surface area contributed by atoms with Crippen LogP contribution in [0.2, 0.25) is 5.02 Å². The van der Waals surface area contributed by atoms with Crippen molar-refractivity contribution in [2.75, 3.05) is 0 Å². The van der Waals surface area contributed by atoms with Crippen LogP contribution in [-0.2, 0) is 0 Å². The van der Waals surface area contributed by atoms with Gasteiger partial charge in [0.2, 0.25) is 0 Å². The first-order valence-electron chi connectivity index (χ1n) is 4.84. The molecule has 0 radical (unpaired) electrons. The van der Waals surface area contributed by atoms with Gasteiger partial charge in [-0.05, 0) is 46.6 Å². The Hall–Kier alpha value is 0.1000. The van der Waals surface area contributed by atoms with E-state index in [1.54, 1.807) is 23.5 Å². The lowest BCUT2D eigenvalue weighted by Crippen LogP contribution is -1.90. The van der Waals surface area contributed by atoms with Crippen LogP contribution in [0.25, 0.3) is 0 Å². The second kappa shape index (κ2) is 5.39. The van der Waals surface area contributed by atoms with Gasteiger partial charge in [0.05, 0.1) is 9.85 Å². The molecule has 0 saturated carbocycles. The van der Waals surface area contributed by atoms with E-state index in [0.29, 0.717) is 0 Å². The highest BCUT2D eigenvalue weighted by molar-refractivity contribution is 9.10. The molecule has 1 atom stereocenters. The molecule has 0 fully saturated rings. The molecule has 0 nitrogen and oxygen atoms in total. The molecule has 2 rings (SSSR count). The molecular formula is C12H8Br2ClFS. The van der Waals surface area contributed by atoms with Gasteiger partial charge in [0.25, 0.3) is 0 Å². The van der Waals surface area contributed by atoms with Gasteiger partial charge in [0.15, 0.2) is 0 Å². The molecule has 0 amide bonds. The zero-order valence-electron chi connectivity index (χ0n) is 8.81. The molecule has 1 heterocycles. The fourth-order valence-corrected chi connectivity index (χ4v) is 3.89. The first-order chi connectivity index (χ1) is 7.99. The Bertz CT molecular complexity index is 534. The number of halogens is 4. The fraction of sp³-hybridized carbons (Fsp3) is 0.167. The third-order valence-electron chi connectivity index (χ3n) is 2.36. The monoisotopic (exact) mass is 396 g/mol. The Morgan fingerprint density at radius 1 is 1.35 bits per heavy atom. The highest BCUT2D eigenvalue weighted by atomic mass is 79.9. The van der Waals surface area contributed by atoms with E-state index in [1.165, 1.54) is 10.9 Å². The average Bonchev–Trinajstić information content (AvgIpc) is 2.62. The Labute approximate surface area is 125 Å². The van der Waals surface area contributed by atoms with Gasteiger partial charge in [-0.15, -0.1) is 11.3 Å². The molecule has 2 aromatic rings. The standard InChI is InChI=1S/C12H8Br2ClFS/c1-6-8(13)5-11(17-6)12(14)7-2-3-10(16)9(15)4-7/h2-5,12H,1H3. The Morgan fingerprint density at radius 2 is 2.06 bits per heavy atom. The topological polar surface area (TPSA) is 0 Å². The third-order valence-corrected chi connectivity index (χ3v) is 6.18. The number of rotatable bonds is 2. The lowest BCUT2D eigenvalue weighted by atomic mass is 10.1. The van der Waals surface area contributed by atoms with E-state index in [4.69, 9.17) is 11.6 Å². The Kier molecular flexibility index (Phi) is 4.29. The summed E-state index contributed by atoms with van der Waals surface area (Å²) in [5.41, 5.74) is 0.949. The molecule has 17 heavy (non-hydrogen) atoms. The van der Waals surface area contributed by atoms with Gasteiger partial charge in [-0.1, -0.05) is 33.6 Å². The summed E-state index contributed by atoms with van der Waals surface area (Å²) in [6.07, 6.45) is 0. The van der Waals surface area contributed by atoms with Crippen LogP contribution in [-0.4, -0.2) is 0 Å². The number of hydrogen-bond acceptors (Lipinski definition) is 1. The summed E-state index contributed by atoms with van der Waals surface area (Å²) in [4.78, 5) is 2.42. The quantitative estimate of drug-likeness (QED) is 0.537. The van der Waals surface area contributed by atoms with Crippen LogP contribution in [0.5, 0.6) is 0 Å². The van der Waals surface area contributed by atoms with Crippen LogP contribution in [0, 0.1) is 12.7 Å². The first kappa shape index (κ1) is 13.5. The molecule has 1 aromatic heterocycles. The van der Waals surface area contributed by atoms with E-state index in [9.17, 15) is 4.39 Å². The minimum Gasteiger partial charge on any atom is -0.205 e. The normalized spacial score (nSPS) is 12.8. The smallest absolute Gasteiger partial charge is 0.141 e. The molecule has 5 heteroatoms. The van der Waals surface area contributed by atoms with Crippen molar-refractivity contribution >= 4 is 54.8 Å². The average molecular weight is 399 g/mol. The van der Waals surface area contributed by atoms with Crippen LogP contribution >= 0.6 is 54.8 Å². The number of alkyl halides is 1. The van der Waals surface area contributed by atoms with Gasteiger partial charge in [-0.25, -0.2) is 4.39 Å². The van der Waals surface area contributed by atoms with Crippen molar-refractivity contribution in [1.82, 2.24) is 0 Å². The van der Waals surface area contributed by atoms with Crippen molar-refractivity contribution in [2.45, 2.75) is 11.8 Å². The van der Waals surface area contributed by atoms with Crippen molar-refractivity contribution in [3.05, 3.63) is 54.9 Å². The van der Waals surface area contributed by atoms with Gasteiger partial charge in [0.1, 0.15) is 5.82 Å². The summed E-state index contributed by atoms with van der Waals surface area (Å²) in [5, 5.41) is 0.152. The summed E-state index contributed by atoms with van der Waals surface area (Å²) in [6.45, 7) is 2.05. The van der Waals surface area contributed by atoms with Crippen molar-refractivity contribution in [2.24, 2.45) is 0 Å². The van der Waals surface area contributed by atoms with Crippen LogP contribution in [0.4, 0.5) is 4.39 Å². The molecule has 0 aliphatic rings. The second-order valence-electron chi connectivity index (χ2n) is 3.59. The molecule has 1 unspecified atom stereocenters. The van der Waals surface area contributed by atoms with Gasteiger partial charge in [0, 0.05) is 14.2 Å². The van der Waals surface area contributed by atoms with Crippen LogP contribution in [0.15, 0.2) is 28.7 Å². The molecule has 0 spiro atoms. The van der Waals surface area contributed by atoms with Gasteiger partial charge < -0.3 is 0 Å². The molecule has 90 valence electrons. The van der Waals surface area contributed by atoms with E-state index in [0.717, 1.165) is 14.9 Å². The molecule has 1 aromatic carbocycles. The van der Waals surface area contributed by atoms with Gasteiger partial charge in [-0.2, -0.15) is 0 Å². The number of aryl methyl sites for hydroxylation is 1. The maximum absolute atomic E-state index is 13.1. The highest BCUT2D eigenvalue weighted by Gasteiger charge is 2.15. The number of hydrogen-bond donors (Lipinski definition) is 0. The molecule has 0 aliphatic heterocycles. The highest BCUT2D eigenvalue weighted by Crippen LogP contribution is 2.39. The van der Waals surface area contributed by atoms with E-state index >= 15 is 0 Å². The zero-order valence-corrected chi connectivity index (χ0v) is 13.6. The maximum Gasteiger partial charge on any atom is 0.141 e. The van der Waals surface area contributed by atoms with Gasteiger partial charge in [-0.3, -0.25) is 0 Å². The largest absolute Gasteiger partial charge is 0.205 e. The summed E-state index contributed by atoms with van der Waals surface area (Å²) in [7, 11) is 0. The Morgan fingerprint density at radius 3 is 2.59 bits per heavy atom. The second-order valence-corrected chi connectivity index (χ2v) is 7.05. The SMILES string of the molecule is Cc1sc(C(Br)c2ccc(F)c(Cl)c2)cc1Br. The van der Waals surface area contributed by atoms with Crippen molar-refractivity contribution in [3.63, 3.8) is 0 Å². The molecule has 0 saturated heterocycles.